The van der Waals surface area contributed by atoms with Crippen molar-refractivity contribution in [3.8, 4) is 0 Å². The molecular weight excluding hydrogens is 388 g/mol. The van der Waals surface area contributed by atoms with Gasteiger partial charge < -0.3 is 15.3 Å². The lowest BCUT2D eigenvalue weighted by Gasteiger charge is -2.49. The number of Topliss-reactive ketones (excluding diaryl/α,β-unsaturated/α-hetero) is 1. The zero-order chi connectivity index (χ0) is 23.0. The van der Waals surface area contributed by atoms with Crippen LogP contribution >= 0.6 is 0 Å². The van der Waals surface area contributed by atoms with Gasteiger partial charge in [-0.3, -0.25) is 4.79 Å². The van der Waals surface area contributed by atoms with Crippen molar-refractivity contribution in [3.05, 3.63) is 11.6 Å². The SMILES string of the molecule is CC(C)CCCC(C)C1CCC(C2=CC(O)C3CC(O)CCC3(C)C2=O)C1(C)CCO. The maximum Gasteiger partial charge on any atom is 0.165 e. The van der Waals surface area contributed by atoms with Gasteiger partial charge in [0.2, 0.25) is 0 Å². The van der Waals surface area contributed by atoms with Crippen LogP contribution in [0.15, 0.2) is 11.6 Å². The summed E-state index contributed by atoms with van der Waals surface area (Å²) in [7, 11) is 0. The first-order valence-electron chi connectivity index (χ1n) is 12.8. The number of carbonyl (C=O) groups is 1. The van der Waals surface area contributed by atoms with Crippen molar-refractivity contribution in [3.63, 3.8) is 0 Å². The topological polar surface area (TPSA) is 77.8 Å². The summed E-state index contributed by atoms with van der Waals surface area (Å²) >= 11 is 0. The number of carbonyl (C=O) groups excluding carboxylic acids is 1. The molecule has 8 unspecified atom stereocenters. The summed E-state index contributed by atoms with van der Waals surface area (Å²) in [5.74, 6) is 1.88. The molecule has 8 atom stereocenters. The molecule has 2 saturated carbocycles. The summed E-state index contributed by atoms with van der Waals surface area (Å²) in [6, 6.07) is 0. The van der Waals surface area contributed by atoms with E-state index in [0.29, 0.717) is 37.5 Å². The monoisotopic (exact) mass is 434 g/mol. The lowest BCUT2D eigenvalue weighted by molar-refractivity contribution is -0.138. The van der Waals surface area contributed by atoms with Crippen molar-refractivity contribution < 1.29 is 20.1 Å². The van der Waals surface area contributed by atoms with Crippen LogP contribution in [-0.4, -0.2) is 39.9 Å². The molecule has 178 valence electrons. The van der Waals surface area contributed by atoms with Crippen LogP contribution in [0.5, 0.6) is 0 Å². The Balaban J connectivity index is 1.85. The van der Waals surface area contributed by atoms with Crippen LogP contribution < -0.4 is 0 Å². The van der Waals surface area contributed by atoms with Gasteiger partial charge >= 0.3 is 0 Å². The molecule has 0 aromatic rings. The van der Waals surface area contributed by atoms with E-state index in [0.717, 1.165) is 24.3 Å². The minimum Gasteiger partial charge on any atom is -0.396 e. The van der Waals surface area contributed by atoms with Gasteiger partial charge in [0.05, 0.1) is 12.2 Å². The number of allylic oxidation sites excluding steroid dienone is 1. The zero-order valence-electron chi connectivity index (χ0n) is 20.4. The molecule has 3 rings (SSSR count). The number of rotatable bonds is 8. The summed E-state index contributed by atoms with van der Waals surface area (Å²) < 4.78 is 0. The van der Waals surface area contributed by atoms with Gasteiger partial charge in [-0.05, 0) is 79.3 Å². The van der Waals surface area contributed by atoms with Gasteiger partial charge in [0.25, 0.3) is 0 Å². The van der Waals surface area contributed by atoms with Gasteiger partial charge in [-0.15, -0.1) is 0 Å². The third kappa shape index (κ3) is 4.68. The first-order valence-corrected chi connectivity index (χ1v) is 12.8. The number of hydrogen-bond donors (Lipinski definition) is 3. The molecule has 3 N–H and O–H groups in total. The van der Waals surface area contributed by atoms with E-state index in [2.05, 4.69) is 27.7 Å². The van der Waals surface area contributed by atoms with E-state index in [-0.39, 0.29) is 29.6 Å². The second kappa shape index (κ2) is 9.65. The highest BCUT2D eigenvalue weighted by molar-refractivity contribution is 6.01. The third-order valence-corrected chi connectivity index (χ3v) is 9.45. The fraction of sp³-hybridized carbons (Fsp3) is 0.889. The largest absolute Gasteiger partial charge is 0.396 e. The summed E-state index contributed by atoms with van der Waals surface area (Å²) in [6.07, 6.45) is 8.95. The fourth-order valence-electron chi connectivity index (χ4n) is 7.46. The lowest BCUT2D eigenvalue weighted by atomic mass is 9.55. The van der Waals surface area contributed by atoms with Gasteiger partial charge in [-0.2, -0.15) is 0 Å². The molecule has 0 bridgehead atoms. The standard InChI is InChI=1S/C27H46O4/c1-17(2)7-6-8-18(3)21-9-10-22(26(21,4)13-14-28)20-16-24(30)23-15-19(29)11-12-27(23,5)25(20)31/h16-19,21-24,28-30H,6-15H2,1-5H3. The maximum absolute atomic E-state index is 13.8. The van der Waals surface area contributed by atoms with Gasteiger partial charge in [0.15, 0.2) is 5.78 Å². The van der Waals surface area contributed by atoms with E-state index < -0.39 is 17.6 Å². The lowest BCUT2D eigenvalue weighted by Crippen LogP contribution is -2.52. The van der Waals surface area contributed by atoms with Crippen molar-refractivity contribution in [2.45, 2.75) is 105 Å². The number of fused-ring (bicyclic) bond motifs is 1. The van der Waals surface area contributed by atoms with Crippen LogP contribution in [0.4, 0.5) is 0 Å². The molecule has 4 nitrogen and oxygen atoms in total. The summed E-state index contributed by atoms with van der Waals surface area (Å²) in [5, 5.41) is 31.1. The van der Waals surface area contributed by atoms with E-state index in [4.69, 9.17) is 0 Å². The molecule has 2 fully saturated rings. The van der Waals surface area contributed by atoms with Crippen molar-refractivity contribution >= 4 is 5.78 Å². The van der Waals surface area contributed by atoms with Crippen LogP contribution in [0.3, 0.4) is 0 Å². The first kappa shape index (κ1) is 24.9. The maximum atomic E-state index is 13.8. The van der Waals surface area contributed by atoms with Crippen LogP contribution in [0, 0.1) is 40.4 Å². The third-order valence-electron chi connectivity index (χ3n) is 9.45. The van der Waals surface area contributed by atoms with Gasteiger partial charge in [0.1, 0.15) is 0 Å². The van der Waals surface area contributed by atoms with Gasteiger partial charge in [-0.25, -0.2) is 0 Å². The molecule has 4 heteroatoms. The predicted octanol–water partition coefficient (Wildman–Crippen LogP) is 4.90. The van der Waals surface area contributed by atoms with Gasteiger partial charge in [0, 0.05) is 17.9 Å². The number of aliphatic hydroxyl groups is 3. The van der Waals surface area contributed by atoms with Gasteiger partial charge in [-0.1, -0.05) is 53.9 Å². The van der Waals surface area contributed by atoms with E-state index in [1.165, 1.54) is 19.3 Å². The molecule has 0 spiro atoms. The highest BCUT2D eigenvalue weighted by Crippen LogP contribution is 2.59. The second-order valence-corrected chi connectivity index (χ2v) is 11.9. The molecule has 0 heterocycles. The molecule has 31 heavy (non-hydrogen) atoms. The smallest absolute Gasteiger partial charge is 0.165 e. The molecule has 3 aliphatic carbocycles. The number of ketones is 1. The minimum absolute atomic E-state index is 0.101. The number of hydrogen-bond acceptors (Lipinski definition) is 4. The Morgan fingerprint density at radius 3 is 2.45 bits per heavy atom. The van der Waals surface area contributed by atoms with Crippen molar-refractivity contribution in [1.82, 2.24) is 0 Å². The average molecular weight is 435 g/mol. The molecule has 0 aliphatic heterocycles. The molecule has 3 aliphatic rings. The summed E-state index contributed by atoms with van der Waals surface area (Å²) in [4.78, 5) is 13.8. The highest BCUT2D eigenvalue weighted by atomic mass is 16.3. The van der Waals surface area contributed by atoms with Crippen LogP contribution in [0.1, 0.15) is 92.4 Å². The molecule has 0 amide bonds. The summed E-state index contributed by atoms with van der Waals surface area (Å²) in [5.41, 5.74) is 0.115. The normalized spacial score (nSPS) is 41.9. The molecule has 0 radical (unpaired) electrons. The Hall–Kier alpha value is -0.710. The Morgan fingerprint density at radius 2 is 1.81 bits per heavy atom. The van der Waals surface area contributed by atoms with E-state index >= 15 is 0 Å². The van der Waals surface area contributed by atoms with E-state index in [1.54, 1.807) is 0 Å². The Kier molecular flexibility index (Phi) is 7.76. The minimum atomic E-state index is -0.673. The van der Waals surface area contributed by atoms with Crippen LogP contribution in [-0.2, 0) is 4.79 Å². The quantitative estimate of drug-likeness (QED) is 0.508. The van der Waals surface area contributed by atoms with E-state index in [9.17, 15) is 20.1 Å². The second-order valence-electron chi connectivity index (χ2n) is 11.9. The highest BCUT2D eigenvalue weighted by Gasteiger charge is 2.56. The molecule has 0 aromatic carbocycles. The Bertz CT molecular complexity index is 670. The van der Waals surface area contributed by atoms with E-state index in [1.807, 2.05) is 13.0 Å². The Morgan fingerprint density at radius 1 is 1.10 bits per heavy atom. The fourth-order valence-corrected chi connectivity index (χ4v) is 7.46. The van der Waals surface area contributed by atoms with Crippen LogP contribution in [0.2, 0.25) is 0 Å². The van der Waals surface area contributed by atoms with Crippen molar-refractivity contribution in [1.29, 1.82) is 0 Å². The van der Waals surface area contributed by atoms with Crippen LogP contribution in [0.25, 0.3) is 0 Å². The molecule has 0 aromatic heterocycles. The first-order chi connectivity index (χ1) is 14.5. The number of aliphatic hydroxyl groups excluding tert-OH is 3. The predicted molar refractivity (Wildman–Crippen MR) is 124 cm³/mol. The Labute approximate surface area is 189 Å². The molecular formula is C27H46O4. The summed E-state index contributed by atoms with van der Waals surface area (Å²) in [6.45, 7) is 11.3. The van der Waals surface area contributed by atoms with Crippen molar-refractivity contribution in [2.24, 2.45) is 40.4 Å². The van der Waals surface area contributed by atoms with Crippen molar-refractivity contribution in [2.75, 3.05) is 6.61 Å². The average Bonchev–Trinajstić information content (AvgIpc) is 3.03. The zero-order valence-corrected chi connectivity index (χ0v) is 20.4. The molecule has 0 saturated heterocycles.